The largest absolute Gasteiger partial charge is 0.416 e. The zero-order valence-corrected chi connectivity index (χ0v) is 11.6. The molecule has 1 aromatic rings. The summed E-state index contributed by atoms with van der Waals surface area (Å²) in [6, 6.07) is 4.44. The summed E-state index contributed by atoms with van der Waals surface area (Å²) < 4.78 is 37.6. The maximum Gasteiger partial charge on any atom is 0.416 e. The summed E-state index contributed by atoms with van der Waals surface area (Å²) in [5, 5.41) is 16.7. The molecule has 0 radical (unpaired) electrons. The lowest BCUT2D eigenvalue weighted by atomic mass is 10.1. The standard InChI is InChI=1S/C12H5Cl2F3N4/c13-8-1-6(12(15,16)17)2-9(14)7(8)5-21-11(4-19)10(20)3-18/h1-2,5H,20H2/b11-10+,21-5+. The first-order valence-electron chi connectivity index (χ1n) is 5.11. The Bertz CT molecular complexity index is 686. The summed E-state index contributed by atoms with van der Waals surface area (Å²) in [7, 11) is 0. The molecule has 0 atom stereocenters. The fraction of sp³-hybridized carbons (Fsp3) is 0.0833. The predicted molar refractivity (Wildman–Crippen MR) is 71.5 cm³/mol. The molecule has 2 N–H and O–H groups in total. The minimum atomic E-state index is -4.59. The number of benzene rings is 1. The third kappa shape index (κ3) is 4.12. The number of alkyl halides is 3. The quantitative estimate of drug-likeness (QED) is 0.662. The summed E-state index contributed by atoms with van der Waals surface area (Å²) in [6.45, 7) is 0. The summed E-state index contributed by atoms with van der Waals surface area (Å²) in [4.78, 5) is 3.59. The van der Waals surface area contributed by atoms with E-state index in [4.69, 9.17) is 39.5 Å². The van der Waals surface area contributed by atoms with E-state index in [1.54, 1.807) is 6.07 Å². The molecule has 0 aromatic heterocycles. The lowest BCUT2D eigenvalue weighted by molar-refractivity contribution is -0.137. The molecule has 4 nitrogen and oxygen atoms in total. The van der Waals surface area contributed by atoms with Crippen molar-refractivity contribution in [1.82, 2.24) is 0 Å². The Labute approximate surface area is 127 Å². The van der Waals surface area contributed by atoms with Gasteiger partial charge in [0.15, 0.2) is 5.70 Å². The van der Waals surface area contributed by atoms with Crippen LogP contribution in [0.3, 0.4) is 0 Å². The van der Waals surface area contributed by atoms with Gasteiger partial charge >= 0.3 is 6.18 Å². The molecule has 1 rings (SSSR count). The molecule has 0 aliphatic heterocycles. The lowest BCUT2D eigenvalue weighted by Crippen LogP contribution is -2.05. The van der Waals surface area contributed by atoms with Crippen molar-refractivity contribution >= 4 is 29.4 Å². The molecular weight excluding hydrogens is 328 g/mol. The van der Waals surface area contributed by atoms with Crippen LogP contribution in [0.4, 0.5) is 13.2 Å². The van der Waals surface area contributed by atoms with Gasteiger partial charge in [-0.3, -0.25) is 0 Å². The van der Waals surface area contributed by atoms with Gasteiger partial charge in [-0.2, -0.15) is 23.7 Å². The first-order valence-corrected chi connectivity index (χ1v) is 5.86. The van der Waals surface area contributed by atoms with E-state index in [9.17, 15) is 13.2 Å². The second kappa shape index (κ2) is 6.49. The van der Waals surface area contributed by atoms with Crippen molar-refractivity contribution in [2.24, 2.45) is 10.7 Å². The average Bonchev–Trinajstić information content (AvgIpc) is 2.40. The number of nitriles is 2. The number of nitrogens with two attached hydrogens (primary N) is 1. The molecule has 0 heterocycles. The van der Waals surface area contributed by atoms with Crippen LogP contribution in [0.25, 0.3) is 0 Å². The third-order valence-corrected chi connectivity index (χ3v) is 2.84. The van der Waals surface area contributed by atoms with Gasteiger partial charge in [0.2, 0.25) is 0 Å². The number of rotatable bonds is 2. The Morgan fingerprint density at radius 1 is 1.19 bits per heavy atom. The van der Waals surface area contributed by atoms with E-state index in [0.29, 0.717) is 12.1 Å². The Kier molecular flexibility index (Phi) is 5.20. The van der Waals surface area contributed by atoms with Gasteiger partial charge in [0.05, 0.1) is 15.6 Å². The fourth-order valence-corrected chi connectivity index (χ4v) is 1.80. The van der Waals surface area contributed by atoms with Crippen LogP contribution >= 0.6 is 23.2 Å². The minimum Gasteiger partial charge on any atom is -0.388 e. The smallest absolute Gasteiger partial charge is 0.388 e. The minimum absolute atomic E-state index is 0.0233. The zero-order valence-electron chi connectivity index (χ0n) is 10.0. The van der Waals surface area contributed by atoms with Gasteiger partial charge < -0.3 is 5.73 Å². The van der Waals surface area contributed by atoms with Crippen molar-refractivity contribution in [2.45, 2.75) is 6.18 Å². The fourth-order valence-electron chi connectivity index (χ4n) is 1.21. The summed E-state index contributed by atoms with van der Waals surface area (Å²) in [6.07, 6.45) is -3.63. The molecule has 0 aliphatic carbocycles. The number of allylic oxidation sites excluding steroid dienone is 2. The van der Waals surface area contributed by atoms with Gasteiger partial charge in [-0.1, -0.05) is 23.2 Å². The number of hydrogen-bond donors (Lipinski definition) is 1. The van der Waals surface area contributed by atoms with Crippen LogP contribution < -0.4 is 5.73 Å². The van der Waals surface area contributed by atoms with Crippen molar-refractivity contribution < 1.29 is 13.2 Å². The molecule has 9 heteroatoms. The highest BCUT2D eigenvalue weighted by atomic mass is 35.5. The molecule has 0 spiro atoms. The molecular formula is C12H5Cl2F3N4. The summed E-state index contributed by atoms with van der Waals surface area (Å²) in [5.41, 5.74) is 3.35. The van der Waals surface area contributed by atoms with Crippen LogP contribution in [0.1, 0.15) is 11.1 Å². The molecule has 0 bridgehead atoms. The van der Waals surface area contributed by atoms with E-state index in [-0.39, 0.29) is 15.6 Å². The van der Waals surface area contributed by atoms with Gasteiger partial charge in [-0.25, -0.2) is 4.99 Å². The van der Waals surface area contributed by atoms with Crippen LogP contribution in [0, 0.1) is 22.7 Å². The maximum atomic E-state index is 12.5. The van der Waals surface area contributed by atoms with Gasteiger partial charge in [0.25, 0.3) is 0 Å². The molecule has 0 unspecified atom stereocenters. The Morgan fingerprint density at radius 2 is 1.71 bits per heavy atom. The van der Waals surface area contributed by atoms with E-state index >= 15 is 0 Å². The monoisotopic (exact) mass is 332 g/mol. The van der Waals surface area contributed by atoms with E-state index in [2.05, 4.69) is 4.99 Å². The topological polar surface area (TPSA) is 86.0 Å². The van der Waals surface area contributed by atoms with Gasteiger partial charge in [0, 0.05) is 11.8 Å². The predicted octanol–water partition coefficient (Wildman–Crippen LogP) is 3.65. The highest BCUT2D eigenvalue weighted by molar-refractivity contribution is 6.38. The zero-order chi connectivity index (χ0) is 16.2. The van der Waals surface area contributed by atoms with Crippen LogP contribution in [0.2, 0.25) is 10.0 Å². The highest BCUT2D eigenvalue weighted by Crippen LogP contribution is 2.35. The Hall–Kier alpha value is -2.22. The van der Waals surface area contributed by atoms with Crippen molar-refractivity contribution in [3.8, 4) is 12.1 Å². The second-order valence-corrected chi connectivity index (χ2v) is 4.41. The van der Waals surface area contributed by atoms with E-state index in [0.717, 1.165) is 6.21 Å². The van der Waals surface area contributed by atoms with Gasteiger partial charge in [-0.05, 0) is 12.1 Å². The SMILES string of the molecule is N#C/C(N)=C(C#N)\N=C\c1c(Cl)cc(C(F)(F)F)cc1Cl. The first-order chi connectivity index (χ1) is 9.70. The Morgan fingerprint density at radius 3 is 2.10 bits per heavy atom. The second-order valence-electron chi connectivity index (χ2n) is 3.60. The molecule has 0 amide bonds. The molecule has 0 saturated heterocycles. The number of nitrogens with zero attached hydrogens (tertiary/aromatic N) is 3. The van der Waals surface area contributed by atoms with E-state index < -0.39 is 23.1 Å². The van der Waals surface area contributed by atoms with Crippen molar-refractivity contribution in [1.29, 1.82) is 10.5 Å². The van der Waals surface area contributed by atoms with E-state index in [1.807, 2.05) is 0 Å². The Balaban J connectivity index is 3.30. The summed E-state index contributed by atoms with van der Waals surface area (Å²) in [5.74, 6) is 0. The normalized spacial score (nSPS) is 12.7. The number of hydrogen-bond acceptors (Lipinski definition) is 4. The van der Waals surface area contributed by atoms with Crippen molar-refractivity contribution in [2.75, 3.05) is 0 Å². The lowest BCUT2D eigenvalue weighted by Gasteiger charge is -2.09. The molecule has 0 aliphatic rings. The van der Waals surface area contributed by atoms with Gasteiger partial charge in [-0.15, -0.1) is 0 Å². The third-order valence-electron chi connectivity index (χ3n) is 2.21. The van der Waals surface area contributed by atoms with Crippen LogP contribution in [-0.4, -0.2) is 6.21 Å². The van der Waals surface area contributed by atoms with Crippen molar-refractivity contribution in [3.05, 3.63) is 44.7 Å². The molecule has 21 heavy (non-hydrogen) atoms. The number of aliphatic imine (C=N–C) groups is 1. The van der Waals surface area contributed by atoms with Crippen LogP contribution in [0.5, 0.6) is 0 Å². The first kappa shape index (κ1) is 16.8. The number of halogens is 5. The highest BCUT2D eigenvalue weighted by Gasteiger charge is 2.31. The average molecular weight is 333 g/mol. The molecule has 108 valence electrons. The van der Waals surface area contributed by atoms with Crippen LogP contribution in [-0.2, 0) is 6.18 Å². The molecule has 0 fully saturated rings. The van der Waals surface area contributed by atoms with Crippen LogP contribution in [0.15, 0.2) is 28.5 Å². The van der Waals surface area contributed by atoms with E-state index in [1.165, 1.54) is 6.07 Å². The van der Waals surface area contributed by atoms with Gasteiger partial charge in [0.1, 0.15) is 17.8 Å². The summed E-state index contributed by atoms with van der Waals surface area (Å²) >= 11 is 11.4. The maximum absolute atomic E-state index is 12.5. The molecule has 0 saturated carbocycles. The van der Waals surface area contributed by atoms with Crippen molar-refractivity contribution in [3.63, 3.8) is 0 Å². The molecule has 1 aromatic carbocycles.